The molecule has 0 aromatic carbocycles. The first-order valence-electron chi connectivity index (χ1n) is 6.18. The number of aromatic nitrogens is 1. The molecular weight excluding hydrogens is 381 g/mol. The van der Waals surface area contributed by atoms with E-state index in [1.807, 2.05) is 6.07 Å². The Morgan fingerprint density at radius 1 is 1.20 bits per heavy atom. The zero-order valence-electron chi connectivity index (χ0n) is 10.8. The summed E-state index contributed by atoms with van der Waals surface area (Å²) in [5, 5.41) is 7.48. The molecule has 20 heavy (non-hydrogen) atoms. The lowest BCUT2D eigenvalue weighted by Gasteiger charge is -2.11. The number of hydrogen-bond acceptors (Lipinski definition) is 4. The van der Waals surface area contributed by atoms with Crippen molar-refractivity contribution < 1.29 is 0 Å². The van der Waals surface area contributed by atoms with Crippen molar-refractivity contribution in [1.29, 1.82) is 0 Å². The van der Waals surface area contributed by atoms with Gasteiger partial charge in [0.1, 0.15) is 11.6 Å². The third-order valence-electron chi connectivity index (χ3n) is 2.53. The van der Waals surface area contributed by atoms with Crippen LogP contribution in [0.1, 0.15) is 18.2 Å². The third-order valence-corrected chi connectivity index (χ3v) is 4.73. The van der Waals surface area contributed by atoms with Crippen LogP contribution in [0, 0.1) is 0 Å². The Kier molecular flexibility index (Phi) is 5.96. The molecule has 2 rings (SSSR count). The van der Waals surface area contributed by atoms with Crippen molar-refractivity contribution >= 4 is 62.1 Å². The smallest absolute Gasteiger partial charge is 0.147 e. The number of nitrogens with zero attached hydrogens (tertiary/aromatic N) is 1. The minimum Gasteiger partial charge on any atom is -0.369 e. The van der Waals surface area contributed by atoms with E-state index in [1.165, 1.54) is 4.88 Å². The molecule has 0 atom stereocenters. The Morgan fingerprint density at radius 2 is 1.90 bits per heavy atom. The zero-order valence-corrected chi connectivity index (χ0v) is 14.8. The summed E-state index contributed by atoms with van der Waals surface area (Å²) < 4.78 is 1.11. The van der Waals surface area contributed by atoms with E-state index in [9.17, 15) is 0 Å². The normalized spacial score (nSPS) is 10.6. The van der Waals surface area contributed by atoms with Crippen molar-refractivity contribution in [3.05, 3.63) is 36.9 Å². The fourth-order valence-corrected chi connectivity index (χ4v) is 3.49. The van der Waals surface area contributed by atoms with Crippen LogP contribution in [0.4, 0.5) is 11.6 Å². The van der Waals surface area contributed by atoms with Gasteiger partial charge in [0, 0.05) is 11.4 Å². The second-order valence-electron chi connectivity index (χ2n) is 4.14. The zero-order chi connectivity index (χ0) is 14.5. The second-order valence-corrected chi connectivity index (χ2v) is 7.50. The fraction of sp³-hybridized carbons (Fsp3) is 0.308. The van der Waals surface area contributed by atoms with Gasteiger partial charge >= 0.3 is 0 Å². The second kappa shape index (κ2) is 7.50. The number of hydrogen-bond donors (Lipinski definition) is 2. The minimum absolute atomic E-state index is 0.521. The monoisotopic (exact) mass is 393 g/mol. The molecule has 2 N–H and O–H groups in total. The molecule has 0 spiro atoms. The molecule has 0 saturated heterocycles. The molecule has 2 heterocycles. The molecule has 0 bridgehead atoms. The molecule has 0 amide bonds. The van der Waals surface area contributed by atoms with Gasteiger partial charge in [-0.3, -0.25) is 0 Å². The summed E-state index contributed by atoms with van der Waals surface area (Å²) in [6, 6.07) is 5.79. The van der Waals surface area contributed by atoms with E-state index < -0.39 is 0 Å². The van der Waals surface area contributed by atoms with Crippen molar-refractivity contribution in [2.24, 2.45) is 0 Å². The summed E-state index contributed by atoms with van der Waals surface area (Å²) in [5.41, 5.74) is 0. The van der Waals surface area contributed by atoms with Gasteiger partial charge in [0.2, 0.25) is 0 Å². The van der Waals surface area contributed by atoms with Crippen LogP contribution >= 0.6 is 50.5 Å². The highest BCUT2D eigenvalue weighted by Gasteiger charge is 2.09. The summed E-state index contributed by atoms with van der Waals surface area (Å²) in [5.74, 6) is 1.30. The highest BCUT2D eigenvalue weighted by Crippen LogP contribution is 2.30. The van der Waals surface area contributed by atoms with Crippen molar-refractivity contribution in [3.63, 3.8) is 0 Å². The van der Waals surface area contributed by atoms with Crippen LogP contribution in [0.5, 0.6) is 0 Å². The van der Waals surface area contributed by atoms with Crippen molar-refractivity contribution in [2.45, 2.75) is 19.9 Å². The molecule has 3 nitrogen and oxygen atoms in total. The van der Waals surface area contributed by atoms with E-state index >= 15 is 0 Å². The summed E-state index contributed by atoms with van der Waals surface area (Å²) >= 11 is 17.4. The predicted octanol–water partition coefficient (Wildman–Crippen LogP) is 5.65. The Hall–Kier alpha value is -0.490. The van der Waals surface area contributed by atoms with Gasteiger partial charge in [-0.05, 0) is 40.5 Å². The topological polar surface area (TPSA) is 37.0 Å². The standard InChI is InChI=1S/C13H14BrCl2N3S/c1-2-5-17-12-9(15)6-10(16)13(19-12)18-7-8-3-4-11(14)20-8/h3-4,6H,2,5,7H2,1H3,(H2,17,18,19). The SMILES string of the molecule is CCCNc1nc(NCc2ccc(Br)s2)c(Cl)cc1Cl. The molecule has 2 aromatic heterocycles. The molecule has 7 heteroatoms. The minimum atomic E-state index is 0.521. The average Bonchev–Trinajstić information content (AvgIpc) is 2.82. The van der Waals surface area contributed by atoms with E-state index in [4.69, 9.17) is 23.2 Å². The van der Waals surface area contributed by atoms with Crippen molar-refractivity contribution in [1.82, 2.24) is 4.98 Å². The number of anilines is 2. The van der Waals surface area contributed by atoms with E-state index in [1.54, 1.807) is 17.4 Å². The molecule has 0 aliphatic rings. The summed E-state index contributed by atoms with van der Waals surface area (Å²) in [6.45, 7) is 3.59. The molecule has 0 fully saturated rings. The third kappa shape index (κ3) is 4.25. The van der Waals surface area contributed by atoms with Gasteiger partial charge < -0.3 is 10.6 Å². The molecule has 0 unspecified atom stereocenters. The lowest BCUT2D eigenvalue weighted by Crippen LogP contribution is -2.06. The van der Waals surface area contributed by atoms with Gasteiger partial charge in [-0.2, -0.15) is 0 Å². The lowest BCUT2D eigenvalue weighted by molar-refractivity contribution is 0.968. The maximum atomic E-state index is 6.16. The van der Waals surface area contributed by atoms with Gasteiger partial charge in [0.05, 0.1) is 20.4 Å². The Morgan fingerprint density at radius 3 is 2.50 bits per heavy atom. The fourth-order valence-electron chi connectivity index (χ4n) is 1.58. The Labute approximate surface area is 140 Å². The van der Waals surface area contributed by atoms with Gasteiger partial charge in [-0.1, -0.05) is 30.1 Å². The van der Waals surface area contributed by atoms with Crippen LogP contribution in [0.3, 0.4) is 0 Å². The molecule has 2 aromatic rings. The highest BCUT2D eigenvalue weighted by molar-refractivity contribution is 9.11. The van der Waals surface area contributed by atoms with Gasteiger partial charge in [0.15, 0.2) is 0 Å². The summed E-state index contributed by atoms with van der Waals surface area (Å²) in [7, 11) is 0. The molecule has 108 valence electrons. The van der Waals surface area contributed by atoms with E-state index in [0.29, 0.717) is 28.2 Å². The van der Waals surface area contributed by atoms with Crippen molar-refractivity contribution in [3.8, 4) is 0 Å². The molecule has 0 aliphatic carbocycles. The number of pyridine rings is 1. The van der Waals surface area contributed by atoms with Crippen LogP contribution in [0.15, 0.2) is 22.0 Å². The number of rotatable bonds is 6. The average molecular weight is 395 g/mol. The van der Waals surface area contributed by atoms with E-state index in [0.717, 1.165) is 16.8 Å². The summed E-state index contributed by atoms with van der Waals surface area (Å²) in [4.78, 5) is 5.64. The molecular formula is C13H14BrCl2N3S. The van der Waals surface area contributed by atoms with Crippen LogP contribution in [-0.2, 0) is 6.54 Å². The van der Waals surface area contributed by atoms with Crippen LogP contribution < -0.4 is 10.6 Å². The van der Waals surface area contributed by atoms with Gasteiger partial charge in [-0.15, -0.1) is 11.3 Å². The predicted molar refractivity (Wildman–Crippen MR) is 92.4 cm³/mol. The maximum Gasteiger partial charge on any atom is 0.147 e. The molecule has 0 aliphatic heterocycles. The molecule has 0 radical (unpaired) electrons. The van der Waals surface area contributed by atoms with Gasteiger partial charge in [0.25, 0.3) is 0 Å². The van der Waals surface area contributed by atoms with Crippen LogP contribution in [0.2, 0.25) is 10.0 Å². The lowest BCUT2D eigenvalue weighted by atomic mass is 10.4. The maximum absolute atomic E-state index is 6.16. The van der Waals surface area contributed by atoms with E-state index in [2.05, 4.69) is 44.5 Å². The van der Waals surface area contributed by atoms with Crippen molar-refractivity contribution in [2.75, 3.05) is 17.2 Å². The highest BCUT2D eigenvalue weighted by atomic mass is 79.9. The Balaban J connectivity index is 2.09. The Bertz CT molecular complexity index is 589. The largest absolute Gasteiger partial charge is 0.369 e. The quantitative estimate of drug-likeness (QED) is 0.664. The first-order chi connectivity index (χ1) is 9.60. The first kappa shape index (κ1) is 15.9. The van der Waals surface area contributed by atoms with Gasteiger partial charge in [-0.25, -0.2) is 4.98 Å². The van der Waals surface area contributed by atoms with E-state index in [-0.39, 0.29) is 0 Å². The van der Waals surface area contributed by atoms with Crippen LogP contribution in [-0.4, -0.2) is 11.5 Å². The number of thiophene rings is 1. The molecule has 0 saturated carbocycles. The van der Waals surface area contributed by atoms with Crippen LogP contribution in [0.25, 0.3) is 0 Å². The number of nitrogens with one attached hydrogen (secondary N) is 2. The first-order valence-corrected chi connectivity index (χ1v) is 8.54. The number of halogens is 3. The summed E-state index contributed by atoms with van der Waals surface area (Å²) in [6.07, 6.45) is 1.01.